The molecule has 20 heteroatoms. The van der Waals surface area contributed by atoms with Crippen LogP contribution in [0.4, 0.5) is 0 Å². The first-order valence-corrected chi connectivity index (χ1v) is 13.9. The number of hydrogen-bond acceptors (Lipinski definition) is 10. The minimum Gasteiger partial charge on any atom is -0.396 e. The van der Waals surface area contributed by atoms with Gasteiger partial charge in [-0.25, -0.2) is 18.5 Å². The Morgan fingerprint density at radius 1 is 1.24 bits per heavy atom. The van der Waals surface area contributed by atoms with Crippen molar-refractivity contribution in [3.8, 4) is 11.8 Å². The van der Waals surface area contributed by atoms with Crippen LogP contribution in [0.3, 0.4) is 0 Å². The number of aromatic amines is 1. The Morgan fingerprint density at radius 3 is 2.35 bits per heavy atom. The van der Waals surface area contributed by atoms with Crippen molar-refractivity contribution in [2.24, 2.45) is 5.92 Å². The Labute approximate surface area is 195 Å². The Kier molecular flexibility index (Phi) is 8.95. The minimum absolute atomic E-state index is 0.725. The van der Waals surface area contributed by atoms with E-state index < -0.39 is 70.6 Å². The summed E-state index contributed by atoms with van der Waals surface area (Å²) in [7, 11) is -16.9. The summed E-state index contributed by atoms with van der Waals surface area (Å²) in [6.07, 6.45) is -3.38. The summed E-state index contributed by atoms with van der Waals surface area (Å²) < 4.78 is 53.1. The molecule has 1 aromatic heterocycles. The third kappa shape index (κ3) is 6.96. The number of H-pyrrole nitrogens is 1. The molecule has 4 unspecified atom stereocenters. The second-order valence-electron chi connectivity index (χ2n) is 6.80. The van der Waals surface area contributed by atoms with Gasteiger partial charge in [0.25, 0.3) is 5.56 Å². The van der Waals surface area contributed by atoms with Gasteiger partial charge in [-0.15, -0.1) is 5.92 Å². The van der Waals surface area contributed by atoms with Gasteiger partial charge in [-0.3, -0.25) is 18.9 Å². The lowest BCUT2D eigenvalue weighted by molar-refractivity contribution is -0.0666. The quantitative estimate of drug-likeness (QED) is 0.128. The molecule has 1 aliphatic heterocycles. The molecule has 7 atom stereocenters. The molecule has 1 aromatic rings. The number of halogens is 1. The summed E-state index contributed by atoms with van der Waals surface area (Å²) in [4.78, 5) is 60.1. The van der Waals surface area contributed by atoms with Gasteiger partial charge in [0, 0.05) is 18.2 Å². The first kappa shape index (κ1) is 29.1. The van der Waals surface area contributed by atoms with Crippen molar-refractivity contribution in [3.63, 3.8) is 0 Å². The average molecular weight is 569 g/mol. The van der Waals surface area contributed by atoms with Crippen molar-refractivity contribution < 1.29 is 56.3 Å². The van der Waals surface area contributed by atoms with Gasteiger partial charge in [-0.1, -0.05) is 17.5 Å². The van der Waals surface area contributed by atoms with E-state index in [9.17, 15) is 38.2 Å². The number of rotatable bonds is 9. The van der Waals surface area contributed by atoms with E-state index in [0.717, 1.165) is 23.8 Å². The third-order valence-electron chi connectivity index (χ3n) is 4.38. The maximum Gasteiger partial charge on any atom is 0.490 e. The second-order valence-corrected chi connectivity index (χ2v) is 11.8. The highest BCUT2D eigenvalue weighted by molar-refractivity contribution is 7.66. The summed E-state index contributed by atoms with van der Waals surface area (Å²) in [5, 5.41) is 9.95. The number of nitrogens with one attached hydrogen (secondary N) is 1. The van der Waals surface area contributed by atoms with E-state index in [1.165, 1.54) is 6.92 Å². The van der Waals surface area contributed by atoms with Gasteiger partial charge in [-0.2, -0.15) is 8.62 Å². The van der Waals surface area contributed by atoms with E-state index >= 15 is 0 Å². The molecule has 0 bridgehead atoms. The van der Waals surface area contributed by atoms with Crippen LogP contribution in [0.2, 0.25) is 0 Å². The number of nitrogens with zero attached hydrogens (tertiary/aromatic N) is 1. The zero-order valence-corrected chi connectivity index (χ0v) is 20.7. The van der Waals surface area contributed by atoms with E-state index in [0.29, 0.717) is 0 Å². The number of phosphoric acid groups is 3. The molecular formula is C14H20ClN2O14P3. The lowest BCUT2D eigenvalue weighted by Gasteiger charge is -2.29. The predicted octanol–water partition coefficient (Wildman–Crippen LogP) is -0.225. The minimum atomic E-state index is -5.77. The number of alkyl halides is 1. The molecule has 0 spiro atoms. The van der Waals surface area contributed by atoms with Crippen LogP contribution >= 0.6 is 35.1 Å². The number of hydrogen-bond donors (Lipinski definition) is 6. The summed E-state index contributed by atoms with van der Waals surface area (Å²) in [5.74, 6) is 3.91. The number of ether oxygens (including phenoxy) is 1. The van der Waals surface area contributed by atoms with Crippen LogP contribution in [0.25, 0.3) is 0 Å². The van der Waals surface area contributed by atoms with E-state index in [1.807, 2.05) is 4.98 Å². The maximum absolute atomic E-state index is 12.3. The highest BCUT2D eigenvalue weighted by Gasteiger charge is 2.58. The molecule has 192 valence electrons. The van der Waals surface area contributed by atoms with Crippen molar-refractivity contribution in [1.82, 2.24) is 9.55 Å². The molecule has 2 heterocycles. The molecule has 0 aromatic carbocycles. The van der Waals surface area contributed by atoms with Crippen molar-refractivity contribution in [3.05, 3.63) is 33.1 Å². The van der Waals surface area contributed by atoms with Gasteiger partial charge in [0.05, 0.1) is 18.8 Å². The van der Waals surface area contributed by atoms with E-state index in [1.54, 1.807) is 0 Å². The number of phosphoric ester groups is 1. The molecule has 0 amide bonds. The van der Waals surface area contributed by atoms with Crippen LogP contribution in [0, 0.1) is 17.8 Å². The molecule has 34 heavy (non-hydrogen) atoms. The average Bonchev–Trinajstić information content (AvgIpc) is 2.90. The standard InChI is InChI=1S/C14H20ClN2O14P3/c1-3-5-14(15)9(7-18)11(28-12(14)17-6-4-10(19)16-13(17)20)8(2)29-33(24,25)31-34(26,27)30-32(21,22)23/h4,6,8-9,11-12,18H,7H2,1-2H3,(H,24,25)(H,26,27)(H,16,19,20)(H2,21,22,23)/t8-,9?,11+,12+,14?/m0/s1. The van der Waals surface area contributed by atoms with E-state index in [-0.39, 0.29) is 0 Å². The SMILES string of the molecule is CC#CC1(Cl)C(CO)[C@@H]([C@H](C)OP(=O)(O)OP(=O)(O)OP(=O)(O)O)O[C@H]1n1ccc(=O)[nH]c1=O. The molecule has 1 saturated heterocycles. The highest BCUT2D eigenvalue weighted by Crippen LogP contribution is 2.67. The van der Waals surface area contributed by atoms with E-state index in [2.05, 4.69) is 20.5 Å². The number of aliphatic hydroxyl groups is 1. The zero-order chi connectivity index (χ0) is 26.1. The van der Waals surface area contributed by atoms with Crippen LogP contribution in [0.1, 0.15) is 20.1 Å². The fourth-order valence-corrected chi connectivity index (χ4v) is 6.88. The lowest BCUT2D eigenvalue weighted by Crippen LogP contribution is -2.43. The van der Waals surface area contributed by atoms with Gasteiger partial charge in [0.2, 0.25) is 0 Å². The van der Waals surface area contributed by atoms with Crippen LogP contribution < -0.4 is 11.2 Å². The Balaban J connectivity index is 2.38. The molecule has 0 saturated carbocycles. The molecule has 0 aliphatic carbocycles. The second kappa shape index (κ2) is 10.5. The summed E-state index contributed by atoms with van der Waals surface area (Å²) in [6, 6.07) is 0.984. The summed E-state index contributed by atoms with van der Waals surface area (Å²) in [6.45, 7) is 1.76. The smallest absolute Gasteiger partial charge is 0.396 e. The summed E-state index contributed by atoms with van der Waals surface area (Å²) >= 11 is 6.62. The van der Waals surface area contributed by atoms with Crippen molar-refractivity contribution in [2.45, 2.75) is 37.2 Å². The first-order chi connectivity index (χ1) is 15.4. The van der Waals surface area contributed by atoms with Crippen molar-refractivity contribution >= 4 is 35.1 Å². The molecule has 1 fully saturated rings. The molecule has 2 rings (SSSR count). The molecule has 6 N–H and O–H groups in total. The van der Waals surface area contributed by atoms with Gasteiger partial charge < -0.3 is 29.4 Å². The first-order valence-electron chi connectivity index (χ1n) is 8.97. The summed E-state index contributed by atoms with van der Waals surface area (Å²) in [5.41, 5.74) is -1.67. The number of aliphatic hydroxyl groups excluding tert-OH is 1. The lowest BCUT2D eigenvalue weighted by atomic mass is 9.87. The Hall–Kier alpha value is -1.14. The van der Waals surface area contributed by atoms with Crippen LogP contribution in [0.5, 0.6) is 0 Å². The largest absolute Gasteiger partial charge is 0.490 e. The predicted molar refractivity (Wildman–Crippen MR) is 112 cm³/mol. The maximum atomic E-state index is 12.3. The molecule has 16 nitrogen and oxygen atoms in total. The van der Waals surface area contributed by atoms with Crippen LogP contribution in [-0.2, 0) is 31.6 Å². The zero-order valence-electron chi connectivity index (χ0n) is 17.2. The Bertz CT molecular complexity index is 1230. The van der Waals surface area contributed by atoms with Crippen LogP contribution in [0.15, 0.2) is 21.9 Å². The van der Waals surface area contributed by atoms with Crippen LogP contribution in [-0.4, -0.2) is 57.9 Å². The topological polar surface area (TPSA) is 244 Å². The van der Waals surface area contributed by atoms with Crippen molar-refractivity contribution in [2.75, 3.05) is 6.61 Å². The monoisotopic (exact) mass is 568 g/mol. The van der Waals surface area contributed by atoms with Gasteiger partial charge in [-0.05, 0) is 13.8 Å². The van der Waals surface area contributed by atoms with Gasteiger partial charge >= 0.3 is 29.2 Å². The highest BCUT2D eigenvalue weighted by atomic mass is 35.5. The normalized spacial score (nSPS) is 29.5. The Morgan fingerprint density at radius 2 is 1.85 bits per heavy atom. The van der Waals surface area contributed by atoms with E-state index in [4.69, 9.17) is 30.6 Å². The van der Waals surface area contributed by atoms with Crippen molar-refractivity contribution in [1.29, 1.82) is 0 Å². The molecule has 0 radical (unpaired) electrons. The van der Waals surface area contributed by atoms with Gasteiger partial charge in [0.15, 0.2) is 11.1 Å². The third-order valence-corrected chi connectivity index (χ3v) is 8.86. The number of aromatic nitrogens is 2. The fourth-order valence-electron chi connectivity index (χ4n) is 3.23. The van der Waals surface area contributed by atoms with Gasteiger partial charge in [0.1, 0.15) is 0 Å². The fraction of sp³-hybridized carbons (Fsp3) is 0.571. The molecule has 1 aliphatic rings. The molecular weight excluding hydrogens is 549 g/mol.